The van der Waals surface area contributed by atoms with Crippen molar-refractivity contribution in [3.05, 3.63) is 64.4 Å². The van der Waals surface area contributed by atoms with E-state index in [0.29, 0.717) is 24.4 Å². The van der Waals surface area contributed by atoms with Gasteiger partial charge in [-0.1, -0.05) is 28.6 Å². The van der Waals surface area contributed by atoms with Gasteiger partial charge in [0.1, 0.15) is 6.10 Å². The SMILES string of the molecule is C=C/C(=C\C=C(/C)OC1CCN(c2ccc(Br)cc2C=O)C1)C(F)(F)F. The van der Waals surface area contributed by atoms with Gasteiger partial charge in [-0.3, -0.25) is 4.79 Å². The number of carbonyl (C=O) groups is 1. The number of hydrogen-bond donors (Lipinski definition) is 0. The summed E-state index contributed by atoms with van der Waals surface area (Å²) in [5.41, 5.74) is 0.580. The minimum absolute atomic E-state index is 0.152. The second-order valence-electron chi connectivity index (χ2n) is 5.90. The van der Waals surface area contributed by atoms with E-state index in [9.17, 15) is 18.0 Å². The van der Waals surface area contributed by atoms with Crippen molar-refractivity contribution in [1.29, 1.82) is 0 Å². The Balaban J connectivity index is 2.03. The Labute approximate surface area is 159 Å². The van der Waals surface area contributed by atoms with E-state index < -0.39 is 11.7 Å². The summed E-state index contributed by atoms with van der Waals surface area (Å²) in [5.74, 6) is 0.395. The number of halogens is 4. The molecule has 0 aliphatic carbocycles. The Kier molecular flexibility index (Phi) is 6.69. The number of benzene rings is 1. The molecule has 1 aliphatic rings. The van der Waals surface area contributed by atoms with Crippen molar-refractivity contribution in [1.82, 2.24) is 0 Å². The minimum atomic E-state index is -4.44. The summed E-state index contributed by atoms with van der Waals surface area (Å²) in [4.78, 5) is 13.3. The maximum atomic E-state index is 12.7. The number of anilines is 1. The lowest BCUT2D eigenvalue weighted by Crippen LogP contribution is -2.23. The fraction of sp³-hybridized carbons (Fsp3) is 0.316. The molecule has 0 aromatic heterocycles. The molecule has 0 spiro atoms. The highest BCUT2D eigenvalue weighted by atomic mass is 79.9. The quantitative estimate of drug-likeness (QED) is 0.342. The van der Waals surface area contributed by atoms with Crippen molar-refractivity contribution in [3.63, 3.8) is 0 Å². The summed E-state index contributed by atoms with van der Waals surface area (Å²) in [6, 6.07) is 5.47. The van der Waals surface area contributed by atoms with E-state index in [1.54, 1.807) is 13.0 Å². The molecule has 3 nitrogen and oxygen atoms in total. The number of alkyl halides is 3. The number of ether oxygens (including phenoxy) is 1. The highest BCUT2D eigenvalue weighted by molar-refractivity contribution is 9.10. The molecule has 2 rings (SSSR count). The van der Waals surface area contributed by atoms with E-state index in [-0.39, 0.29) is 6.10 Å². The second kappa shape index (κ2) is 8.58. The van der Waals surface area contributed by atoms with Crippen LogP contribution in [0.5, 0.6) is 0 Å². The molecule has 7 heteroatoms. The van der Waals surface area contributed by atoms with Crippen LogP contribution in [0, 0.1) is 0 Å². The third kappa shape index (κ3) is 5.24. The number of nitrogens with zero attached hydrogens (tertiary/aromatic N) is 1. The van der Waals surface area contributed by atoms with Crippen LogP contribution in [0.25, 0.3) is 0 Å². The number of rotatable bonds is 6. The molecule has 0 saturated carbocycles. The first-order valence-electron chi connectivity index (χ1n) is 7.99. The average molecular weight is 430 g/mol. The smallest absolute Gasteiger partial charge is 0.416 e. The van der Waals surface area contributed by atoms with Crippen LogP contribution in [0.4, 0.5) is 18.9 Å². The van der Waals surface area contributed by atoms with E-state index in [2.05, 4.69) is 22.5 Å². The monoisotopic (exact) mass is 429 g/mol. The summed E-state index contributed by atoms with van der Waals surface area (Å²) >= 11 is 3.34. The third-order valence-electron chi connectivity index (χ3n) is 4.00. The van der Waals surface area contributed by atoms with E-state index in [4.69, 9.17) is 4.74 Å². The Morgan fingerprint density at radius 1 is 1.38 bits per heavy atom. The molecule has 1 heterocycles. The molecule has 0 bridgehead atoms. The Morgan fingerprint density at radius 3 is 2.73 bits per heavy atom. The predicted octanol–water partition coefficient (Wildman–Crippen LogP) is 5.44. The maximum Gasteiger partial charge on any atom is 0.416 e. The van der Waals surface area contributed by atoms with Gasteiger partial charge in [0.25, 0.3) is 0 Å². The zero-order chi connectivity index (χ0) is 19.3. The number of hydrogen-bond acceptors (Lipinski definition) is 3. The number of allylic oxidation sites excluding steroid dienone is 5. The molecular formula is C19H19BrF3NO2. The van der Waals surface area contributed by atoms with Crippen molar-refractivity contribution in [3.8, 4) is 0 Å². The topological polar surface area (TPSA) is 29.5 Å². The summed E-state index contributed by atoms with van der Waals surface area (Å²) in [6.07, 6.45) is -0.0428. The number of carbonyl (C=O) groups excluding carboxylic acids is 1. The van der Waals surface area contributed by atoms with Gasteiger partial charge in [0.2, 0.25) is 0 Å². The summed E-state index contributed by atoms with van der Waals surface area (Å²) < 4.78 is 44.6. The predicted molar refractivity (Wildman–Crippen MR) is 99.3 cm³/mol. The molecule has 140 valence electrons. The molecule has 1 aromatic rings. The molecule has 0 N–H and O–H groups in total. The van der Waals surface area contributed by atoms with Crippen molar-refractivity contribution in [2.24, 2.45) is 0 Å². The van der Waals surface area contributed by atoms with Gasteiger partial charge in [-0.25, -0.2) is 0 Å². The van der Waals surface area contributed by atoms with Gasteiger partial charge in [0, 0.05) is 28.7 Å². The molecule has 1 unspecified atom stereocenters. The van der Waals surface area contributed by atoms with Crippen LogP contribution >= 0.6 is 15.9 Å². The van der Waals surface area contributed by atoms with Crippen LogP contribution in [0.3, 0.4) is 0 Å². The largest absolute Gasteiger partial charge is 0.493 e. The standard InChI is InChI=1S/C19H19BrF3NO2/c1-3-15(19(21,22)23)5-4-13(2)26-17-8-9-24(11-17)18-7-6-16(20)10-14(18)12-25/h3-7,10,12,17H,1,8-9,11H2,2H3/b13-4+,15-5+. The van der Waals surface area contributed by atoms with Gasteiger partial charge in [0.15, 0.2) is 6.29 Å². The molecular weight excluding hydrogens is 411 g/mol. The van der Waals surface area contributed by atoms with Crippen LogP contribution in [-0.4, -0.2) is 31.7 Å². The van der Waals surface area contributed by atoms with Gasteiger partial charge in [-0.2, -0.15) is 13.2 Å². The first-order chi connectivity index (χ1) is 12.2. The van der Waals surface area contributed by atoms with Crippen LogP contribution < -0.4 is 4.90 Å². The zero-order valence-electron chi connectivity index (χ0n) is 14.2. The van der Waals surface area contributed by atoms with Crippen molar-refractivity contribution < 1.29 is 22.7 Å². The second-order valence-corrected chi connectivity index (χ2v) is 6.81. The van der Waals surface area contributed by atoms with Gasteiger partial charge in [-0.15, -0.1) is 0 Å². The molecule has 26 heavy (non-hydrogen) atoms. The lowest BCUT2D eigenvalue weighted by atomic mass is 10.2. The minimum Gasteiger partial charge on any atom is -0.493 e. The zero-order valence-corrected chi connectivity index (χ0v) is 15.8. The molecule has 1 fully saturated rings. The van der Waals surface area contributed by atoms with E-state index in [0.717, 1.165) is 35.0 Å². The van der Waals surface area contributed by atoms with Crippen LogP contribution in [-0.2, 0) is 4.74 Å². The van der Waals surface area contributed by atoms with Crippen molar-refractivity contribution in [2.45, 2.75) is 25.6 Å². The van der Waals surface area contributed by atoms with Crippen LogP contribution in [0.1, 0.15) is 23.7 Å². The van der Waals surface area contributed by atoms with E-state index in [1.807, 2.05) is 17.0 Å². The first-order valence-corrected chi connectivity index (χ1v) is 8.78. The third-order valence-corrected chi connectivity index (χ3v) is 4.49. The van der Waals surface area contributed by atoms with Gasteiger partial charge in [-0.05, 0) is 37.3 Å². The van der Waals surface area contributed by atoms with E-state index in [1.165, 1.54) is 6.08 Å². The molecule has 1 aliphatic heterocycles. The molecule has 1 saturated heterocycles. The van der Waals surface area contributed by atoms with Crippen molar-refractivity contribution in [2.75, 3.05) is 18.0 Å². The summed E-state index contributed by atoms with van der Waals surface area (Å²) in [6.45, 7) is 6.06. The molecule has 1 atom stereocenters. The molecule has 0 radical (unpaired) electrons. The lowest BCUT2D eigenvalue weighted by Gasteiger charge is -2.21. The fourth-order valence-electron chi connectivity index (χ4n) is 2.74. The fourth-order valence-corrected chi connectivity index (χ4v) is 3.12. The summed E-state index contributed by atoms with van der Waals surface area (Å²) in [7, 11) is 0. The number of aldehydes is 1. The molecule has 0 amide bonds. The van der Waals surface area contributed by atoms with Crippen molar-refractivity contribution >= 4 is 27.9 Å². The van der Waals surface area contributed by atoms with Crippen LogP contribution in [0.2, 0.25) is 0 Å². The highest BCUT2D eigenvalue weighted by Crippen LogP contribution is 2.29. The highest BCUT2D eigenvalue weighted by Gasteiger charge is 2.31. The maximum absolute atomic E-state index is 12.7. The van der Waals surface area contributed by atoms with Crippen LogP contribution in [0.15, 0.2) is 58.8 Å². The molecule has 1 aromatic carbocycles. The Morgan fingerprint density at radius 2 is 2.12 bits per heavy atom. The van der Waals surface area contributed by atoms with Gasteiger partial charge >= 0.3 is 6.18 Å². The summed E-state index contributed by atoms with van der Waals surface area (Å²) in [5, 5.41) is 0. The van der Waals surface area contributed by atoms with Gasteiger partial charge in [0.05, 0.1) is 17.9 Å². The van der Waals surface area contributed by atoms with Gasteiger partial charge < -0.3 is 9.64 Å². The normalized spacial score (nSPS) is 18.8. The average Bonchev–Trinajstić information content (AvgIpc) is 3.02. The first kappa shape index (κ1) is 20.3. The lowest BCUT2D eigenvalue weighted by molar-refractivity contribution is -0.0881. The Bertz CT molecular complexity index is 741. The Hall–Kier alpha value is -2.02. The van der Waals surface area contributed by atoms with E-state index >= 15 is 0 Å².